The van der Waals surface area contributed by atoms with Crippen molar-refractivity contribution in [3.63, 3.8) is 0 Å². The Hall–Kier alpha value is -1.57. The summed E-state index contributed by atoms with van der Waals surface area (Å²) in [6.07, 6.45) is -3.59. The van der Waals surface area contributed by atoms with E-state index in [9.17, 15) is 18.0 Å². The molecule has 2 rings (SSSR count). The fourth-order valence-corrected chi connectivity index (χ4v) is 1.87. The number of hydrogen-bond donors (Lipinski definition) is 1. The molecule has 2 aromatic heterocycles. The highest BCUT2D eigenvalue weighted by atomic mass is 79.9. The lowest BCUT2D eigenvalue weighted by Gasteiger charge is -2.03. The van der Waals surface area contributed by atoms with Gasteiger partial charge in [-0.15, -0.1) is 0 Å². The summed E-state index contributed by atoms with van der Waals surface area (Å²) in [5.74, 6) is -1.68. The minimum atomic E-state index is -4.81. The Morgan fingerprint density at radius 1 is 1.47 bits per heavy atom. The zero-order valence-corrected chi connectivity index (χ0v) is 9.58. The first-order chi connectivity index (χ1) is 7.82. The third-order valence-electron chi connectivity index (χ3n) is 2.07. The number of aromatic nitrogens is 2. The second kappa shape index (κ2) is 3.73. The zero-order chi connectivity index (χ0) is 12.8. The maximum absolute atomic E-state index is 12.6. The first-order valence-electron chi connectivity index (χ1n) is 4.29. The minimum absolute atomic E-state index is 0.0859. The van der Waals surface area contributed by atoms with Gasteiger partial charge in [-0.1, -0.05) is 0 Å². The summed E-state index contributed by atoms with van der Waals surface area (Å²) in [6, 6.07) is 2.90. The topological polar surface area (TPSA) is 54.6 Å². The molecule has 0 unspecified atom stereocenters. The molecule has 0 radical (unpaired) electrons. The van der Waals surface area contributed by atoms with Gasteiger partial charge in [0.25, 0.3) is 0 Å². The van der Waals surface area contributed by atoms with Gasteiger partial charge in [0.05, 0.1) is 4.47 Å². The minimum Gasteiger partial charge on any atom is -0.476 e. The van der Waals surface area contributed by atoms with Crippen LogP contribution < -0.4 is 0 Å². The molecule has 0 fully saturated rings. The molecule has 0 spiro atoms. The fraction of sp³-hybridized carbons (Fsp3) is 0.111. The Balaban J connectivity index is 2.90. The number of alkyl halides is 3. The molecular weight excluding hydrogens is 305 g/mol. The molecule has 90 valence electrons. The average molecular weight is 309 g/mol. The number of hydrogen-bond acceptors (Lipinski definition) is 2. The van der Waals surface area contributed by atoms with Crippen LogP contribution in [-0.4, -0.2) is 20.5 Å². The molecule has 0 saturated carbocycles. The van der Waals surface area contributed by atoms with E-state index >= 15 is 0 Å². The average Bonchev–Trinajstić information content (AvgIpc) is 2.57. The van der Waals surface area contributed by atoms with E-state index in [1.54, 1.807) is 0 Å². The molecule has 0 atom stereocenters. The Morgan fingerprint density at radius 2 is 2.12 bits per heavy atom. The Labute approximate surface area is 101 Å². The number of carboxylic acid groups (broad SMARTS) is 1. The van der Waals surface area contributed by atoms with Gasteiger partial charge < -0.3 is 5.11 Å². The van der Waals surface area contributed by atoms with Crippen molar-refractivity contribution in [1.29, 1.82) is 0 Å². The van der Waals surface area contributed by atoms with E-state index < -0.39 is 23.5 Å². The third kappa shape index (κ3) is 1.88. The van der Waals surface area contributed by atoms with Crippen LogP contribution in [0.25, 0.3) is 5.65 Å². The molecule has 0 aromatic carbocycles. The van der Waals surface area contributed by atoms with Crippen molar-refractivity contribution in [2.75, 3.05) is 0 Å². The molecule has 0 amide bonds. The van der Waals surface area contributed by atoms with Crippen LogP contribution in [0.4, 0.5) is 13.2 Å². The van der Waals surface area contributed by atoms with Crippen molar-refractivity contribution >= 4 is 27.5 Å². The second-order valence-corrected chi connectivity index (χ2v) is 4.02. The number of imidazole rings is 1. The maximum Gasteiger partial charge on any atom is 0.435 e. The van der Waals surface area contributed by atoms with E-state index in [4.69, 9.17) is 5.11 Å². The zero-order valence-electron chi connectivity index (χ0n) is 7.99. The van der Waals surface area contributed by atoms with E-state index in [1.165, 1.54) is 18.3 Å². The van der Waals surface area contributed by atoms with Crippen LogP contribution in [0, 0.1) is 0 Å². The lowest BCUT2D eigenvalue weighted by Crippen LogP contribution is -2.13. The highest BCUT2D eigenvalue weighted by Gasteiger charge is 2.40. The van der Waals surface area contributed by atoms with Crippen molar-refractivity contribution in [2.24, 2.45) is 0 Å². The van der Waals surface area contributed by atoms with Gasteiger partial charge in [0.1, 0.15) is 0 Å². The fourth-order valence-electron chi connectivity index (χ4n) is 1.44. The predicted molar refractivity (Wildman–Crippen MR) is 54.9 cm³/mol. The highest BCUT2D eigenvalue weighted by molar-refractivity contribution is 9.10. The molecule has 0 aliphatic carbocycles. The van der Waals surface area contributed by atoms with E-state index in [0.717, 1.165) is 4.40 Å². The summed E-state index contributed by atoms with van der Waals surface area (Å²) < 4.78 is 39.0. The summed E-state index contributed by atoms with van der Waals surface area (Å²) in [5, 5.41) is 8.83. The number of pyridine rings is 1. The predicted octanol–water partition coefficient (Wildman–Crippen LogP) is 2.81. The van der Waals surface area contributed by atoms with Crippen molar-refractivity contribution in [3.8, 4) is 0 Å². The van der Waals surface area contributed by atoms with Crippen LogP contribution in [0.3, 0.4) is 0 Å². The first kappa shape index (κ1) is 11.9. The molecule has 0 saturated heterocycles. The number of rotatable bonds is 1. The van der Waals surface area contributed by atoms with Gasteiger partial charge in [-0.3, -0.25) is 4.40 Å². The normalized spacial score (nSPS) is 12.0. The van der Waals surface area contributed by atoms with E-state index in [2.05, 4.69) is 20.9 Å². The quantitative estimate of drug-likeness (QED) is 0.881. The number of fused-ring (bicyclic) bond motifs is 1. The van der Waals surface area contributed by atoms with E-state index in [1.807, 2.05) is 0 Å². The van der Waals surface area contributed by atoms with Crippen molar-refractivity contribution in [1.82, 2.24) is 9.38 Å². The number of halogens is 4. The number of carbonyl (C=O) groups is 1. The maximum atomic E-state index is 12.6. The van der Waals surface area contributed by atoms with Gasteiger partial charge in [-0.25, -0.2) is 9.78 Å². The van der Waals surface area contributed by atoms with Gasteiger partial charge in [-0.2, -0.15) is 13.2 Å². The van der Waals surface area contributed by atoms with E-state index in [0.29, 0.717) is 0 Å². The van der Waals surface area contributed by atoms with Gasteiger partial charge >= 0.3 is 12.1 Å². The summed E-state index contributed by atoms with van der Waals surface area (Å²) in [5.41, 5.74) is -2.39. The highest BCUT2D eigenvalue weighted by Crippen LogP contribution is 2.33. The Bertz CT molecular complexity index is 606. The van der Waals surface area contributed by atoms with Crippen molar-refractivity contribution in [3.05, 3.63) is 34.2 Å². The number of nitrogens with zero attached hydrogens (tertiary/aromatic N) is 2. The van der Waals surface area contributed by atoms with Gasteiger partial charge in [0.15, 0.2) is 17.0 Å². The molecule has 4 nitrogen and oxygen atoms in total. The lowest BCUT2D eigenvalue weighted by molar-refractivity contribution is -0.141. The second-order valence-electron chi connectivity index (χ2n) is 3.16. The van der Waals surface area contributed by atoms with Crippen LogP contribution in [0.1, 0.15) is 16.2 Å². The molecule has 0 aliphatic rings. The van der Waals surface area contributed by atoms with E-state index in [-0.39, 0.29) is 10.1 Å². The van der Waals surface area contributed by atoms with Crippen molar-refractivity contribution in [2.45, 2.75) is 6.18 Å². The summed E-state index contributed by atoms with van der Waals surface area (Å²) in [7, 11) is 0. The summed E-state index contributed by atoms with van der Waals surface area (Å²) in [4.78, 5) is 14.2. The molecule has 2 heterocycles. The van der Waals surface area contributed by atoms with Crippen LogP contribution in [0.2, 0.25) is 0 Å². The van der Waals surface area contributed by atoms with Crippen LogP contribution in [-0.2, 0) is 6.18 Å². The van der Waals surface area contributed by atoms with Crippen LogP contribution >= 0.6 is 15.9 Å². The van der Waals surface area contributed by atoms with Crippen LogP contribution in [0.5, 0.6) is 0 Å². The smallest absolute Gasteiger partial charge is 0.435 e. The molecule has 17 heavy (non-hydrogen) atoms. The SMILES string of the molecule is O=C(O)c1c(C(F)(F)F)nc2c(Br)cccn12. The summed E-state index contributed by atoms with van der Waals surface area (Å²) >= 11 is 3.02. The van der Waals surface area contributed by atoms with Gasteiger partial charge in [-0.05, 0) is 28.1 Å². The molecule has 8 heteroatoms. The Kier molecular flexibility index (Phi) is 2.61. The number of aromatic carboxylic acids is 1. The largest absolute Gasteiger partial charge is 0.476 e. The standard InChI is InChI=1S/C9H4BrF3N2O2/c10-4-2-1-3-15-5(8(16)17)6(9(11,12)13)14-7(4)15/h1-3H,(H,16,17). The molecule has 0 aliphatic heterocycles. The van der Waals surface area contributed by atoms with Crippen LogP contribution in [0.15, 0.2) is 22.8 Å². The Morgan fingerprint density at radius 3 is 2.65 bits per heavy atom. The monoisotopic (exact) mass is 308 g/mol. The molecule has 0 bridgehead atoms. The van der Waals surface area contributed by atoms with Gasteiger partial charge in [0.2, 0.25) is 0 Å². The molecule has 1 N–H and O–H groups in total. The van der Waals surface area contributed by atoms with Crippen molar-refractivity contribution < 1.29 is 23.1 Å². The third-order valence-corrected chi connectivity index (χ3v) is 2.69. The first-order valence-corrected chi connectivity index (χ1v) is 5.08. The molecular formula is C9H4BrF3N2O2. The summed E-state index contributed by atoms with van der Waals surface area (Å²) in [6.45, 7) is 0. The number of carboxylic acids is 1. The van der Waals surface area contributed by atoms with Gasteiger partial charge in [0, 0.05) is 6.20 Å². The molecule has 2 aromatic rings. The lowest BCUT2D eigenvalue weighted by atomic mass is 10.3.